The van der Waals surface area contributed by atoms with Crippen LogP contribution in [0.15, 0.2) is 48.0 Å². The second-order valence-corrected chi connectivity index (χ2v) is 5.11. The number of anilines is 1. The lowest BCUT2D eigenvalue weighted by Gasteiger charge is -2.06. The second-order valence-electron chi connectivity index (χ2n) is 5.11. The van der Waals surface area contributed by atoms with Crippen LogP contribution in [0.1, 0.15) is 18.1 Å². The van der Waals surface area contributed by atoms with Crippen molar-refractivity contribution in [1.29, 1.82) is 5.26 Å². The van der Waals surface area contributed by atoms with Crippen molar-refractivity contribution in [3.63, 3.8) is 0 Å². The van der Waals surface area contributed by atoms with E-state index in [0.717, 1.165) is 12.0 Å². The average Bonchev–Trinajstić information content (AvgIpc) is 2.60. The van der Waals surface area contributed by atoms with Gasteiger partial charge in [-0.1, -0.05) is 25.1 Å². The molecule has 1 amide bonds. The van der Waals surface area contributed by atoms with Gasteiger partial charge in [0.2, 0.25) is 0 Å². The Kier molecular flexibility index (Phi) is 5.58. The van der Waals surface area contributed by atoms with Gasteiger partial charge in [0.15, 0.2) is 11.5 Å². The Morgan fingerprint density at radius 3 is 2.54 bits per heavy atom. The molecule has 2 aromatic carbocycles. The van der Waals surface area contributed by atoms with Crippen molar-refractivity contribution in [2.45, 2.75) is 13.3 Å². The first-order valence-electron chi connectivity index (χ1n) is 7.46. The van der Waals surface area contributed by atoms with E-state index in [1.807, 2.05) is 25.1 Å². The van der Waals surface area contributed by atoms with Crippen molar-refractivity contribution in [1.82, 2.24) is 0 Å². The molecule has 0 bridgehead atoms. The molecule has 0 saturated heterocycles. The van der Waals surface area contributed by atoms with E-state index in [-0.39, 0.29) is 11.3 Å². The number of nitrogens with zero attached hydrogens (tertiary/aromatic N) is 1. The molecule has 5 nitrogen and oxygen atoms in total. The molecule has 0 unspecified atom stereocenters. The Morgan fingerprint density at radius 1 is 1.29 bits per heavy atom. The summed E-state index contributed by atoms with van der Waals surface area (Å²) in [5, 5.41) is 21.7. The molecule has 0 atom stereocenters. The minimum atomic E-state index is -0.503. The molecule has 2 rings (SSSR count). The molecular weight excluding hydrogens is 304 g/mol. The maximum atomic E-state index is 12.2. The molecule has 0 spiro atoms. The highest BCUT2D eigenvalue weighted by Crippen LogP contribution is 2.27. The van der Waals surface area contributed by atoms with Gasteiger partial charge in [-0.3, -0.25) is 4.79 Å². The van der Waals surface area contributed by atoms with E-state index < -0.39 is 5.91 Å². The number of ether oxygens (including phenoxy) is 1. The highest BCUT2D eigenvalue weighted by molar-refractivity contribution is 6.09. The van der Waals surface area contributed by atoms with Gasteiger partial charge in [-0.25, -0.2) is 0 Å². The van der Waals surface area contributed by atoms with Crippen molar-refractivity contribution in [2.24, 2.45) is 0 Å². The number of aryl methyl sites for hydroxylation is 1. The zero-order valence-electron chi connectivity index (χ0n) is 13.5. The van der Waals surface area contributed by atoms with E-state index in [9.17, 15) is 15.2 Å². The molecule has 2 aromatic rings. The third-order valence-corrected chi connectivity index (χ3v) is 3.50. The smallest absolute Gasteiger partial charge is 0.266 e. The maximum absolute atomic E-state index is 12.2. The summed E-state index contributed by atoms with van der Waals surface area (Å²) in [6.45, 7) is 2.05. The Morgan fingerprint density at radius 2 is 2.00 bits per heavy atom. The topological polar surface area (TPSA) is 82.4 Å². The van der Waals surface area contributed by atoms with Crippen LogP contribution in [0.25, 0.3) is 6.08 Å². The highest BCUT2D eigenvalue weighted by Gasteiger charge is 2.10. The molecular formula is C19H18N2O3. The van der Waals surface area contributed by atoms with Crippen molar-refractivity contribution in [3.05, 3.63) is 59.2 Å². The largest absolute Gasteiger partial charge is 0.504 e. The monoisotopic (exact) mass is 322 g/mol. The van der Waals surface area contributed by atoms with Crippen molar-refractivity contribution in [2.75, 3.05) is 12.4 Å². The molecule has 0 aliphatic rings. The number of hydrogen-bond acceptors (Lipinski definition) is 4. The number of nitriles is 1. The number of hydrogen-bond donors (Lipinski definition) is 2. The fraction of sp³-hybridized carbons (Fsp3) is 0.158. The Hall–Kier alpha value is -3.26. The van der Waals surface area contributed by atoms with Crippen molar-refractivity contribution >= 4 is 17.7 Å². The minimum Gasteiger partial charge on any atom is -0.504 e. The van der Waals surface area contributed by atoms with E-state index >= 15 is 0 Å². The third kappa shape index (κ3) is 4.14. The SMILES string of the molecule is CCc1ccc(NC(=O)C(C#N)=Cc2ccc(OC)c(O)c2)cc1. The molecule has 0 radical (unpaired) electrons. The maximum Gasteiger partial charge on any atom is 0.266 e. The van der Waals surface area contributed by atoms with Crippen LogP contribution in [0.4, 0.5) is 5.69 Å². The number of phenols is 1. The number of carbonyl (C=O) groups excluding carboxylic acids is 1. The molecule has 0 aliphatic carbocycles. The van der Waals surface area contributed by atoms with E-state index in [4.69, 9.17) is 4.74 Å². The van der Waals surface area contributed by atoms with Crippen LogP contribution in [0.3, 0.4) is 0 Å². The molecule has 2 N–H and O–H groups in total. The summed E-state index contributed by atoms with van der Waals surface area (Å²) < 4.78 is 4.96. The van der Waals surface area contributed by atoms with Crippen molar-refractivity contribution in [3.8, 4) is 17.6 Å². The van der Waals surface area contributed by atoms with Crippen LogP contribution in [0.2, 0.25) is 0 Å². The van der Waals surface area contributed by atoms with E-state index in [1.165, 1.54) is 19.3 Å². The predicted octanol–water partition coefficient (Wildman–Crippen LogP) is 3.51. The summed E-state index contributed by atoms with van der Waals surface area (Å²) in [7, 11) is 1.45. The van der Waals surface area contributed by atoms with Gasteiger partial charge in [-0.15, -0.1) is 0 Å². The first kappa shape index (κ1) is 17.1. The van der Waals surface area contributed by atoms with Gasteiger partial charge >= 0.3 is 0 Å². The second kappa shape index (κ2) is 7.84. The van der Waals surface area contributed by atoms with Gasteiger partial charge in [0.1, 0.15) is 11.6 Å². The molecule has 24 heavy (non-hydrogen) atoms. The van der Waals surface area contributed by atoms with Gasteiger partial charge in [0.25, 0.3) is 5.91 Å². The van der Waals surface area contributed by atoms with Crippen molar-refractivity contribution < 1.29 is 14.6 Å². The van der Waals surface area contributed by atoms with Gasteiger partial charge in [-0.05, 0) is 47.9 Å². The van der Waals surface area contributed by atoms with Crippen LogP contribution in [-0.4, -0.2) is 18.1 Å². The van der Waals surface area contributed by atoms with Gasteiger partial charge in [0.05, 0.1) is 7.11 Å². The number of carbonyl (C=O) groups is 1. The summed E-state index contributed by atoms with van der Waals surface area (Å²) in [5.74, 6) is -0.234. The number of phenolic OH excluding ortho intramolecular Hbond substituents is 1. The van der Waals surface area contributed by atoms with E-state index in [0.29, 0.717) is 17.0 Å². The van der Waals surface area contributed by atoms with Gasteiger partial charge in [0, 0.05) is 5.69 Å². The van der Waals surface area contributed by atoms with Crippen LogP contribution >= 0.6 is 0 Å². The molecule has 0 saturated carbocycles. The summed E-state index contributed by atoms with van der Waals surface area (Å²) in [5.41, 5.74) is 2.26. The Balaban J connectivity index is 2.18. The van der Waals surface area contributed by atoms with Gasteiger partial charge < -0.3 is 15.2 Å². The number of benzene rings is 2. The average molecular weight is 322 g/mol. The fourth-order valence-corrected chi connectivity index (χ4v) is 2.13. The third-order valence-electron chi connectivity index (χ3n) is 3.50. The number of methoxy groups -OCH3 is 1. The molecule has 122 valence electrons. The Labute approximate surface area is 140 Å². The minimum absolute atomic E-state index is 0.0564. The molecule has 5 heteroatoms. The first-order valence-corrected chi connectivity index (χ1v) is 7.46. The number of aromatic hydroxyl groups is 1. The highest BCUT2D eigenvalue weighted by atomic mass is 16.5. The molecule has 0 aliphatic heterocycles. The number of nitrogens with one attached hydrogen (secondary N) is 1. The summed E-state index contributed by atoms with van der Waals surface area (Å²) >= 11 is 0. The number of rotatable bonds is 5. The summed E-state index contributed by atoms with van der Waals surface area (Å²) in [6.07, 6.45) is 2.33. The zero-order valence-corrected chi connectivity index (χ0v) is 13.5. The summed E-state index contributed by atoms with van der Waals surface area (Å²) in [4.78, 5) is 12.2. The number of amides is 1. The quantitative estimate of drug-likeness (QED) is 0.652. The normalized spacial score (nSPS) is 10.8. The molecule has 0 aromatic heterocycles. The Bertz CT molecular complexity index is 802. The zero-order chi connectivity index (χ0) is 17.5. The van der Waals surface area contributed by atoms with E-state index in [2.05, 4.69) is 5.32 Å². The van der Waals surface area contributed by atoms with Crippen LogP contribution in [0, 0.1) is 11.3 Å². The lowest BCUT2D eigenvalue weighted by Crippen LogP contribution is -2.13. The summed E-state index contributed by atoms with van der Waals surface area (Å²) in [6, 6.07) is 14.0. The lowest BCUT2D eigenvalue weighted by atomic mass is 10.1. The van der Waals surface area contributed by atoms with Crippen LogP contribution in [0.5, 0.6) is 11.5 Å². The fourth-order valence-electron chi connectivity index (χ4n) is 2.13. The standard InChI is InChI=1S/C19H18N2O3/c1-3-13-4-7-16(8-5-13)21-19(23)15(12-20)10-14-6-9-18(24-2)17(22)11-14/h4-11,22H,3H2,1-2H3,(H,21,23). The molecule has 0 fully saturated rings. The molecule has 0 heterocycles. The van der Waals surface area contributed by atoms with Gasteiger partial charge in [-0.2, -0.15) is 5.26 Å². The lowest BCUT2D eigenvalue weighted by molar-refractivity contribution is -0.112. The predicted molar refractivity (Wildman–Crippen MR) is 92.7 cm³/mol. The van der Waals surface area contributed by atoms with Crippen LogP contribution in [-0.2, 0) is 11.2 Å². The van der Waals surface area contributed by atoms with E-state index in [1.54, 1.807) is 24.3 Å². The van der Waals surface area contributed by atoms with Crippen LogP contribution < -0.4 is 10.1 Å². The first-order chi connectivity index (χ1) is 11.6.